The Kier molecular flexibility index (Phi) is 2.59. The quantitative estimate of drug-likeness (QED) is 0.811. The van der Waals surface area contributed by atoms with Crippen molar-refractivity contribution in [1.82, 2.24) is 10.3 Å². The largest absolute Gasteiger partial charge is 0.360 e. The van der Waals surface area contributed by atoms with Crippen LogP contribution in [0.5, 0.6) is 0 Å². The molecule has 92 valence electrons. The number of aromatic nitrogens is 1. The van der Waals surface area contributed by atoms with Gasteiger partial charge in [-0.3, -0.25) is 9.59 Å². The van der Waals surface area contributed by atoms with Crippen molar-refractivity contribution < 1.29 is 9.59 Å². The summed E-state index contributed by atoms with van der Waals surface area (Å²) in [6.07, 6.45) is 2.34. The molecule has 0 bridgehead atoms. The standard InChI is InChI=1S/C13H11ClN2O2/c14-9-3-1-2-8-7(6-15-13(8)9)4-10-11(17)5-12(18)16-10/h1-3,6,10,15H,4-5H2,(H,16,18). The molecule has 4 nitrogen and oxygen atoms in total. The molecule has 0 aliphatic carbocycles. The first-order valence-corrected chi connectivity index (χ1v) is 6.09. The van der Waals surface area contributed by atoms with Gasteiger partial charge in [0.1, 0.15) is 0 Å². The van der Waals surface area contributed by atoms with Crippen LogP contribution in [0, 0.1) is 0 Å². The summed E-state index contributed by atoms with van der Waals surface area (Å²) < 4.78 is 0. The van der Waals surface area contributed by atoms with Crippen LogP contribution in [-0.2, 0) is 16.0 Å². The maximum Gasteiger partial charge on any atom is 0.228 e. The molecule has 0 radical (unpaired) electrons. The van der Waals surface area contributed by atoms with Crippen molar-refractivity contribution in [2.75, 3.05) is 0 Å². The number of H-pyrrole nitrogens is 1. The fraction of sp³-hybridized carbons (Fsp3) is 0.231. The molecule has 1 aromatic heterocycles. The van der Waals surface area contributed by atoms with Crippen LogP contribution >= 0.6 is 11.6 Å². The van der Waals surface area contributed by atoms with Gasteiger partial charge in [-0.1, -0.05) is 23.7 Å². The summed E-state index contributed by atoms with van der Waals surface area (Å²) in [5, 5.41) is 4.34. The average molecular weight is 263 g/mol. The van der Waals surface area contributed by atoms with E-state index in [0.29, 0.717) is 11.4 Å². The minimum atomic E-state index is -0.407. The molecular weight excluding hydrogens is 252 g/mol. The molecule has 0 spiro atoms. The Bertz CT molecular complexity index is 647. The zero-order chi connectivity index (χ0) is 12.7. The number of benzene rings is 1. The summed E-state index contributed by atoms with van der Waals surface area (Å²) in [6, 6.07) is 5.23. The van der Waals surface area contributed by atoms with Crippen LogP contribution in [0.1, 0.15) is 12.0 Å². The van der Waals surface area contributed by atoms with Crippen molar-refractivity contribution in [3.05, 3.63) is 35.0 Å². The van der Waals surface area contributed by atoms with Gasteiger partial charge in [0.05, 0.1) is 23.0 Å². The van der Waals surface area contributed by atoms with Crippen molar-refractivity contribution in [1.29, 1.82) is 0 Å². The molecule has 1 aromatic carbocycles. The van der Waals surface area contributed by atoms with Crippen molar-refractivity contribution in [2.24, 2.45) is 0 Å². The van der Waals surface area contributed by atoms with E-state index < -0.39 is 6.04 Å². The van der Waals surface area contributed by atoms with Gasteiger partial charge in [0, 0.05) is 18.0 Å². The molecule has 2 heterocycles. The number of hydrogen-bond acceptors (Lipinski definition) is 2. The highest BCUT2D eigenvalue weighted by Gasteiger charge is 2.30. The van der Waals surface area contributed by atoms with Crippen molar-refractivity contribution in [3.8, 4) is 0 Å². The van der Waals surface area contributed by atoms with Crippen LogP contribution < -0.4 is 5.32 Å². The van der Waals surface area contributed by atoms with Gasteiger partial charge in [0.15, 0.2) is 5.78 Å². The van der Waals surface area contributed by atoms with E-state index in [1.807, 2.05) is 24.4 Å². The molecule has 1 aliphatic heterocycles. The number of ketones is 1. The number of para-hydroxylation sites is 1. The van der Waals surface area contributed by atoms with Gasteiger partial charge in [-0.05, 0) is 11.6 Å². The van der Waals surface area contributed by atoms with E-state index in [1.165, 1.54) is 0 Å². The number of nitrogens with one attached hydrogen (secondary N) is 2. The van der Waals surface area contributed by atoms with Crippen molar-refractivity contribution in [2.45, 2.75) is 18.9 Å². The van der Waals surface area contributed by atoms with E-state index in [1.54, 1.807) is 0 Å². The fourth-order valence-corrected chi connectivity index (χ4v) is 2.57. The first kappa shape index (κ1) is 11.3. The second kappa shape index (κ2) is 4.14. The Balaban J connectivity index is 1.94. The number of fused-ring (bicyclic) bond motifs is 1. The number of amides is 1. The lowest BCUT2D eigenvalue weighted by Crippen LogP contribution is -2.31. The van der Waals surface area contributed by atoms with Gasteiger partial charge in [0.2, 0.25) is 5.91 Å². The Morgan fingerprint density at radius 3 is 2.89 bits per heavy atom. The minimum Gasteiger partial charge on any atom is -0.360 e. The average Bonchev–Trinajstić information content (AvgIpc) is 2.86. The van der Waals surface area contributed by atoms with E-state index >= 15 is 0 Å². The van der Waals surface area contributed by atoms with Gasteiger partial charge in [-0.2, -0.15) is 0 Å². The summed E-state index contributed by atoms with van der Waals surface area (Å²) in [4.78, 5) is 25.8. The number of rotatable bonds is 2. The number of aromatic amines is 1. The maximum absolute atomic E-state index is 11.6. The van der Waals surface area contributed by atoms with Gasteiger partial charge >= 0.3 is 0 Å². The summed E-state index contributed by atoms with van der Waals surface area (Å²) in [6.45, 7) is 0. The lowest BCUT2D eigenvalue weighted by molar-refractivity contribution is -0.122. The van der Waals surface area contributed by atoms with Crippen LogP contribution in [0.2, 0.25) is 5.02 Å². The molecular formula is C13H11ClN2O2. The summed E-state index contributed by atoms with van der Waals surface area (Å²) in [5.74, 6) is -0.237. The molecule has 1 atom stereocenters. The van der Waals surface area contributed by atoms with Crippen molar-refractivity contribution in [3.63, 3.8) is 0 Å². The Morgan fingerprint density at radius 2 is 2.17 bits per heavy atom. The predicted octanol–water partition coefficient (Wildman–Crippen LogP) is 1.82. The first-order chi connectivity index (χ1) is 8.65. The molecule has 1 amide bonds. The molecule has 1 fully saturated rings. The Hall–Kier alpha value is -1.81. The van der Waals surface area contributed by atoms with Crippen LogP contribution in [-0.4, -0.2) is 22.7 Å². The highest BCUT2D eigenvalue weighted by Crippen LogP contribution is 2.26. The first-order valence-electron chi connectivity index (χ1n) is 5.71. The van der Waals surface area contributed by atoms with Crippen LogP contribution in [0.3, 0.4) is 0 Å². The Labute approximate surface area is 108 Å². The van der Waals surface area contributed by atoms with Gasteiger partial charge in [-0.25, -0.2) is 0 Å². The van der Waals surface area contributed by atoms with Gasteiger partial charge in [-0.15, -0.1) is 0 Å². The molecule has 2 N–H and O–H groups in total. The monoisotopic (exact) mass is 262 g/mol. The zero-order valence-corrected chi connectivity index (χ0v) is 10.3. The van der Waals surface area contributed by atoms with Crippen LogP contribution in [0.4, 0.5) is 0 Å². The van der Waals surface area contributed by atoms with E-state index in [9.17, 15) is 9.59 Å². The molecule has 18 heavy (non-hydrogen) atoms. The molecule has 0 saturated carbocycles. The smallest absolute Gasteiger partial charge is 0.228 e. The minimum absolute atomic E-state index is 0.00617. The molecule has 1 saturated heterocycles. The van der Waals surface area contributed by atoms with Crippen LogP contribution in [0.15, 0.2) is 24.4 Å². The molecule has 1 aliphatic rings. The predicted molar refractivity (Wildman–Crippen MR) is 68.6 cm³/mol. The topological polar surface area (TPSA) is 62.0 Å². The molecule has 3 rings (SSSR count). The zero-order valence-electron chi connectivity index (χ0n) is 9.50. The molecule has 5 heteroatoms. The number of Topliss-reactive ketones (excluding diaryl/α,β-unsaturated/α-hetero) is 1. The highest BCUT2D eigenvalue weighted by atomic mass is 35.5. The summed E-state index contributed by atoms with van der Waals surface area (Å²) >= 11 is 6.07. The number of halogens is 1. The van der Waals surface area contributed by atoms with Gasteiger partial charge in [0.25, 0.3) is 0 Å². The number of carbonyl (C=O) groups excluding carboxylic acids is 2. The van der Waals surface area contributed by atoms with Crippen molar-refractivity contribution >= 4 is 34.2 Å². The maximum atomic E-state index is 11.6. The normalized spacial score (nSPS) is 19.5. The lowest BCUT2D eigenvalue weighted by Gasteiger charge is -2.07. The second-order valence-corrected chi connectivity index (χ2v) is 4.85. The van der Waals surface area contributed by atoms with Gasteiger partial charge < -0.3 is 10.3 Å². The van der Waals surface area contributed by atoms with E-state index in [0.717, 1.165) is 16.5 Å². The lowest BCUT2D eigenvalue weighted by atomic mass is 10.0. The molecule has 1 unspecified atom stereocenters. The second-order valence-electron chi connectivity index (χ2n) is 4.44. The third-order valence-electron chi connectivity index (χ3n) is 3.23. The Morgan fingerprint density at radius 1 is 1.33 bits per heavy atom. The third-order valence-corrected chi connectivity index (χ3v) is 3.55. The molecule has 2 aromatic rings. The third kappa shape index (κ3) is 1.78. The van der Waals surface area contributed by atoms with Crippen LogP contribution in [0.25, 0.3) is 10.9 Å². The fourth-order valence-electron chi connectivity index (χ4n) is 2.34. The number of carbonyl (C=O) groups is 2. The summed E-state index contributed by atoms with van der Waals surface area (Å²) in [7, 11) is 0. The SMILES string of the molecule is O=C1CC(=O)C(Cc2c[nH]c3c(Cl)cccc23)N1. The van der Waals surface area contributed by atoms with E-state index in [-0.39, 0.29) is 18.1 Å². The number of hydrogen-bond donors (Lipinski definition) is 2. The highest BCUT2D eigenvalue weighted by molar-refractivity contribution is 6.35. The summed E-state index contributed by atoms with van der Waals surface area (Å²) in [5.41, 5.74) is 1.86. The van der Waals surface area contributed by atoms with E-state index in [4.69, 9.17) is 11.6 Å². The van der Waals surface area contributed by atoms with E-state index in [2.05, 4.69) is 10.3 Å².